The van der Waals surface area contributed by atoms with Crippen LogP contribution in [0, 0.1) is 0 Å². The SMILES string of the molecule is O=C(CCCNC(=O)c1ccco1)NCCCN1CCN(Cc2ccccc2)CC1. The van der Waals surface area contributed by atoms with Crippen molar-refractivity contribution in [3.8, 4) is 0 Å². The molecule has 1 aromatic carbocycles. The minimum absolute atomic E-state index is 0.0370. The standard InChI is InChI=1S/C23H32N4O3/c28-22(10-4-11-25-23(29)21-9-5-18-30-21)24-12-6-13-26-14-16-27(17-15-26)19-20-7-2-1-3-8-20/h1-3,5,7-9,18H,4,6,10-17,19H2,(H,24,28)(H,25,29). The zero-order chi connectivity index (χ0) is 21.0. The fourth-order valence-corrected chi connectivity index (χ4v) is 3.58. The van der Waals surface area contributed by atoms with E-state index in [-0.39, 0.29) is 11.8 Å². The quantitative estimate of drug-likeness (QED) is 0.553. The molecule has 2 aromatic rings. The molecule has 162 valence electrons. The topological polar surface area (TPSA) is 77.8 Å². The Morgan fingerprint density at radius 2 is 1.60 bits per heavy atom. The molecule has 1 fully saturated rings. The van der Waals surface area contributed by atoms with Gasteiger partial charge in [-0.05, 0) is 37.1 Å². The van der Waals surface area contributed by atoms with Crippen molar-refractivity contribution in [1.82, 2.24) is 20.4 Å². The Morgan fingerprint density at radius 1 is 0.867 bits per heavy atom. The summed E-state index contributed by atoms with van der Waals surface area (Å²) in [6.45, 7) is 7.52. The van der Waals surface area contributed by atoms with Crippen molar-refractivity contribution in [2.24, 2.45) is 0 Å². The first-order valence-corrected chi connectivity index (χ1v) is 10.8. The molecule has 1 saturated heterocycles. The minimum atomic E-state index is -0.246. The van der Waals surface area contributed by atoms with Gasteiger partial charge in [0.1, 0.15) is 0 Å². The Morgan fingerprint density at radius 3 is 2.33 bits per heavy atom. The van der Waals surface area contributed by atoms with Crippen molar-refractivity contribution in [1.29, 1.82) is 0 Å². The van der Waals surface area contributed by atoms with E-state index >= 15 is 0 Å². The van der Waals surface area contributed by atoms with Crippen LogP contribution in [0.15, 0.2) is 53.1 Å². The lowest BCUT2D eigenvalue weighted by molar-refractivity contribution is -0.121. The molecule has 1 aromatic heterocycles. The molecule has 0 saturated carbocycles. The molecule has 2 N–H and O–H groups in total. The van der Waals surface area contributed by atoms with Crippen LogP contribution in [-0.4, -0.2) is 67.4 Å². The second-order valence-electron chi connectivity index (χ2n) is 7.64. The molecular formula is C23H32N4O3. The summed E-state index contributed by atoms with van der Waals surface area (Å²) in [4.78, 5) is 28.6. The van der Waals surface area contributed by atoms with Crippen molar-refractivity contribution < 1.29 is 14.0 Å². The molecule has 0 unspecified atom stereocenters. The molecule has 3 rings (SSSR count). The summed E-state index contributed by atoms with van der Waals surface area (Å²) < 4.78 is 5.02. The molecule has 2 amide bonds. The van der Waals surface area contributed by atoms with Gasteiger partial charge >= 0.3 is 0 Å². The maximum Gasteiger partial charge on any atom is 0.286 e. The first-order chi connectivity index (χ1) is 14.7. The third kappa shape index (κ3) is 7.65. The highest BCUT2D eigenvalue weighted by molar-refractivity contribution is 5.91. The van der Waals surface area contributed by atoms with E-state index in [0.717, 1.165) is 45.7 Å². The third-order valence-electron chi connectivity index (χ3n) is 5.30. The maximum atomic E-state index is 11.9. The van der Waals surface area contributed by atoms with Crippen molar-refractivity contribution >= 4 is 11.8 Å². The number of amides is 2. The molecule has 1 aliphatic heterocycles. The number of nitrogens with one attached hydrogen (secondary N) is 2. The van der Waals surface area contributed by atoms with E-state index in [1.165, 1.54) is 11.8 Å². The molecule has 0 radical (unpaired) electrons. The predicted octanol–water partition coefficient (Wildman–Crippen LogP) is 2.11. The number of hydrogen-bond acceptors (Lipinski definition) is 5. The average Bonchev–Trinajstić information content (AvgIpc) is 3.31. The zero-order valence-electron chi connectivity index (χ0n) is 17.5. The number of furan rings is 1. The van der Waals surface area contributed by atoms with E-state index in [0.29, 0.717) is 31.7 Å². The predicted molar refractivity (Wildman–Crippen MR) is 116 cm³/mol. The van der Waals surface area contributed by atoms with Gasteiger partial charge in [0.25, 0.3) is 5.91 Å². The Hall–Kier alpha value is -2.64. The van der Waals surface area contributed by atoms with Crippen molar-refractivity contribution in [3.63, 3.8) is 0 Å². The monoisotopic (exact) mass is 412 g/mol. The number of carbonyl (C=O) groups is 2. The van der Waals surface area contributed by atoms with E-state index in [1.807, 2.05) is 0 Å². The summed E-state index contributed by atoms with van der Waals surface area (Å²) >= 11 is 0. The molecule has 7 heteroatoms. The summed E-state index contributed by atoms with van der Waals surface area (Å²) in [5.74, 6) is 0.0829. The first-order valence-electron chi connectivity index (χ1n) is 10.8. The zero-order valence-corrected chi connectivity index (χ0v) is 17.5. The summed E-state index contributed by atoms with van der Waals surface area (Å²) in [5.41, 5.74) is 1.37. The van der Waals surface area contributed by atoms with Gasteiger partial charge in [-0.2, -0.15) is 0 Å². The molecule has 7 nitrogen and oxygen atoms in total. The molecule has 0 bridgehead atoms. The van der Waals surface area contributed by atoms with Crippen LogP contribution >= 0.6 is 0 Å². The summed E-state index contributed by atoms with van der Waals surface area (Å²) in [6, 6.07) is 13.9. The van der Waals surface area contributed by atoms with Gasteiger partial charge in [-0.25, -0.2) is 0 Å². The number of hydrogen-bond donors (Lipinski definition) is 2. The van der Waals surface area contributed by atoms with Crippen molar-refractivity contribution in [2.75, 3.05) is 45.8 Å². The molecular weight excluding hydrogens is 380 g/mol. The Labute approximate surface area is 178 Å². The van der Waals surface area contributed by atoms with Crippen LogP contribution in [-0.2, 0) is 11.3 Å². The van der Waals surface area contributed by atoms with Gasteiger partial charge < -0.3 is 20.0 Å². The van der Waals surface area contributed by atoms with E-state index in [4.69, 9.17) is 4.42 Å². The van der Waals surface area contributed by atoms with E-state index < -0.39 is 0 Å². The normalized spacial score (nSPS) is 15.1. The smallest absolute Gasteiger partial charge is 0.286 e. The third-order valence-corrected chi connectivity index (χ3v) is 5.30. The van der Waals surface area contributed by atoms with Crippen LogP contribution in [0.5, 0.6) is 0 Å². The molecule has 0 aliphatic carbocycles. The van der Waals surface area contributed by atoms with Crippen LogP contribution < -0.4 is 10.6 Å². The van der Waals surface area contributed by atoms with Crippen LogP contribution in [0.2, 0.25) is 0 Å². The summed E-state index contributed by atoms with van der Waals surface area (Å²) in [5, 5.41) is 5.72. The van der Waals surface area contributed by atoms with Crippen molar-refractivity contribution in [3.05, 3.63) is 60.1 Å². The number of piperazine rings is 1. The highest BCUT2D eigenvalue weighted by atomic mass is 16.3. The largest absolute Gasteiger partial charge is 0.459 e. The van der Waals surface area contributed by atoms with Gasteiger partial charge in [0.05, 0.1) is 6.26 Å². The first kappa shape index (κ1) is 22.1. The minimum Gasteiger partial charge on any atom is -0.459 e. The second-order valence-corrected chi connectivity index (χ2v) is 7.64. The van der Waals surface area contributed by atoms with Gasteiger partial charge in [0, 0.05) is 52.2 Å². The highest BCUT2D eigenvalue weighted by Gasteiger charge is 2.16. The number of carbonyl (C=O) groups excluding carboxylic acids is 2. The van der Waals surface area contributed by atoms with Crippen LogP contribution in [0.4, 0.5) is 0 Å². The highest BCUT2D eigenvalue weighted by Crippen LogP contribution is 2.08. The van der Waals surface area contributed by atoms with Gasteiger partial charge in [0.15, 0.2) is 5.76 Å². The Kier molecular flexibility index (Phi) is 8.93. The van der Waals surface area contributed by atoms with Crippen LogP contribution in [0.1, 0.15) is 35.4 Å². The number of rotatable bonds is 11. The fourth-order valence-electron chi connectivity index (χ4n) is 3.58. The summed E-state index contributed by atoms with van der Waals surface area (Å²) in [7, 11) is 0. The lowest BCUT2D eigenvalue weighted by atomic mass is 10.2. The second kappa shape index (κ2) is 12.1. The average molecular weight is 413 g/mol. The van der Waals surface area contributed by atoms with Gasteiger partial charge in [-0.3, -0.25) is 14.5 Å². The molecule has 0 atom stereocenters. The summed E-state index contributed by atoms with van der Waals surface area (Å²) in [6.07, 6.45) is 3.45. The molecule has 2 heterocycles. The molecule has 0 spiro atoms. The number of benzene rings is 1. The van der Waals surface area contributed by atoms with Crippen molar-refractivity contribution in [2.45, 2.75) is 25.8 Å². The van der Waals surface area contributed by atoms with Gasteiger partial charge in [0.2, 0.25) is 5.91 Å². The van der Waals surface area contributed by atoms with E-state index in [1.54, 1.807) is 12.1 Å². The Balaban J connectivity index is 1.18. The lowest BCUT2D eigenvalue weighted by Gasteiger charge is -2.34. The van der Waals surface area contributed by atoms with Crippen LogP contribution in [0.25, 0.3) is 0 Å². The lowest BCUT2D eigenvalue weighted by Crippen LogP contribution is -2.46. The van der Waals surface area contributed by atoms with Gasteiger partial charge in [-0.15, -0.1) is 0 Å². The van der Waals surface area contributed by atoms with Crippen LogP contribution in [0.3, 0.4) is 0 Å². The Bertz CT molecular complexity index is 756. The van der Waals surface area contributed by atoms with E-state index in [2.05, 4.69) is 50.8 Å². The fraction of sp³-hybridized carbons (Fsp3) is 0.478. The van der Waals surface area contributed by atoms with E-state index in [9.17, 15) is 9.59 Å². The van der Waals surface area contributed by atoms with Gasteiger partial charge in [-0.1, -0.05) is 30.3 Å². The molecule has 1 aliphatic rings. The molecule has 30 heavy (non-hydrogen) atoms. The maximum absolute atomic E-state index is 11.9. The number of nitrogens with zero attached hydrogens (tertiary/aromatic N) is 2.